The fraction of sp³-hybridized carbons (Fsp3) is 0.385. The van der Waals surface area contributed by atoms with Crippen LogP contribution < -0.4 is 4.52 Å². The lowest BCUT2D eigenvalue weighted by atomic mass is 10.1. The SMILES string of the molecule is CC.Cc1cc2c(cc1OP)c(CCN(P)P)cn2P. The van der Waals surface area contributed by atoms with Crippen LogP contribution in [0.25, 0.3) is 10.9 Å². The molecule has 1 aromatic carbocycles. The third-order valence-electron chi connectivity index (χ3n) is 2.98. The fourth-order valence-corrected chi connectivity index (χ4v) is 2.93. The van der Waals surface area contributed by atoms with Crippen molar-refractivity contribution in [2.24, 2.45) is 0 Å². The van der Waals surface area contributed by atoms with Crippen molar-refractivity contribution in [2.75, 3.05) is 6.54 Å². The summed E-state index contributed by atoms with van der Waals surface area (Å²) >= 11 is 0. The summed E-state index contributed by atoms with van der Waals surface area (Å²) in [5, 5.41) is 1.25. The molecule has 20 heavy (non-hydrogen) atoms. The first-order valence-corrected chi connectivity index (χ1v) is 8.58. The standard InChI is InChI=1S/C11H18N2OP4.C2H6/c1-7-4-10-9(5-11(7)14-18)8(6-12(10)15)2-3-13(16)17;1-2/h4-6H,2-3,15-18H2,1H3;1-2H3. The summed E-state index contributed by atoms with van der Waals surface area (Å²) in [5.41, 5.74) is 3.69. The van der Waals surface area contributed by atoms with Crippen molar-refractivity contribution in [3.8, 4) is 5.75 Å². The van der Waals surface area contributed by atoms with Crippen LogP contribution in [0.1, 0.15) is 25.0 Å². The molecular formula is C13H24N2OP4. The molecule has 7 heteroatoms. The number of fused-ring (bicyclic) bond motifs is 1. The summed E-state index contributed by atoms with van der Waals surface area (Å²) in [6.07, 6.45) is 3.17. The highest BCUT2D eigenvalue weighted by Gasteiger charge is 2.10. The van der Waals surface area contributed by atoms with E-state index in [-0.39, 0.29) is 0 Å². The molecule has 0 radical (unpaired) electrons. The molecule has 0 saturated carbocycles. The van der Waals surface area contributed by atoms with E-state index in [0.717, 1.165) is 24.3 Å². The molecule has 0 aliphatic rings. The first kappa shape index (κ1) is 18.3. The molecule has 0 fully saturated rings. The van der Waals surface area contributed by atoms with Gasteiger partial charge in [0.05, 0.1) is 15.0 Å². The van der Waals surface area contributed by atoms with E-state index < -0.39 is 0 Å². The predicted octanol–water partition coefficient (Wildman–Crippen LogP) is 4.21. The zero-order valence-electron chi connectivity index (χ0n) is 12.3. The molecule has 0 aliphatic carbocycles. The summed E-state index contributed by atoms with van der Waals surface area (Å²) in [5.74, 6) is 0.915. The maximum atomic E-state index is 5.32. The molecule has 3 nitrogen and oxygen atoms in total. The second kappa shape index (κ2) is 8.63. The van der Waals surface area contributed by atoms with Gasteiger partial charge in [-0.15, -0.1) is 0 Å². The molecule has 0 saturated heterocycles. The van der Waals surface area contributed by atoms with E-state index in [2.05, 4.69) is 67.2 Å². The van der Waals surface area contributed by atoms with Crippen molar-refractivity contribution in [1.82, 2.24) is 8.78 Å². The van der Waals surface area contributed by atoms with Crippen LogP contribution in [0.5, 0.6) is 5.75 Å². The average molecular weight is 348 g/mol. The molecule has 1 aromatic heterocycles. The van der Waals surface area contributed by atoms with Gasteiger partial charge in [-0.25, -0.2) is 0 Å². The van der Waals surface area contributed by atoms with Gasteiger partial charge in [0.1, 0.15) is 5.75 Å². The van der Waals surface area contributed by atoms with Crippen LogP contribution in [0.3, 0.4) is 0 Å². The first-order chi connectivity index (χ1) is 9.52. The van der Waals surface area contributed by atoms with E-state index >= 15 is 0 Å². The number of hydrogen-bond acceptors (Lipinski definition) is 2. The third kappa shape index (κ3) is 4.37. The minimum atomic E-state index is 0.915. The van der Waals surface area contributed by atoms with E-state index in [1.807, 2.05) is 18.3 Å². The molecule has 0 spiro atoms. The highest BCUT2D eigenvalue weighted by atomic mass is 31.1. The highest BCUT2D eigenvalue weighted by molar-refractivity contribution is 7.30. The van der Waals surface area contributed by atoms with Crippen molar-refractivity contribution < 1.29 is 4.52 Å². The number of nitrogens with zero attached hydrogens (tertiary/aromatic N) is 2. The van der Waals surface area contributed by atoms with Crippen LogP contribution in [0, 0.1) is 6.92 Å². The number of aryl methyl sites for hydroxylation is 1. The molecule has 0 bridgehead atoms. The largest absolute Gasteiger partial charge is 0.480 e. The quantitative estimate of drug-likeness (QED) is 0.771. The molecule has 1 heterocycles. The van der Waals surface area contributed by atoms with Gasteiger partial charge >= 0.3 is 0 Å². The first-order valence-electron chi connectivity index (χ1n) is 6.56. The van der Waals surface area contributed by atoms with Gasteiger partial charge in [0.2, 0.25) is 0 Å². The van der Waals surface area contributed by atoms with Gasteiger partial charge in [-0.2, -0.15) is 0 Å². The maximum Gasteiger partial charge on any atom is 0.126 e. The fourth-order valence-electron chi connectivity index (χ4n) is 2.03. The predicted molar refractivity (Wildman–Crippen MR) is 103 cm³/mol. The van der Waals surface area contributed by atoms with E-state index in [1.54, 1.807) is 0 Å². The Bertz CT molecular complexity index is 569. The van der Waals surface area contributed by atoms with Gasteiger partial charge in [-0.1, -0.05) is 32.6 Å². The molecule has 0 amide bonds. The Morgan fingerprint density at radius 2 is 1.90 bits per heavy atom. The molecule has 0 aliphatic heterocycles. The Morgan fingerprint density at radius 1 is 1.25 bits per heavy atom. The summed E-state index contributed by atoms with van der Waals surface area (Å²) in [6, 6.07) is 4.27. The Labute approximate surface area is 131 Å². The molecule has 0 N–H and O–H groups in total. The zero-order chi connectivity index (χ0) is 15.3. The van der Waals surface area contributed by atoms with Crippen LogP contribution in [-0.4, -0.2) is 15.3 Å². The van der Waals surface area contributed by atoms with Crippen molar-refractivity contribution >= 4 is 48.5 Å². The topological polar surface area (TPSA) is 17.4 Å². The number of hydrogen-bond donors (Lipinski definition) is 0. The second-order valence-corrected chi connectivity index (χ2v) is 7.02. The Hall–Kier alpha value is 0.240. The van der Waals surface area contributed by atoms with Gasteiger partial charge in [-0.05, 0) is 46.0 Å². The van der Waals surface area contributed by atoms with Crippen LogP contribution >= 0.6 is 37.6 Å². The lowest BCUT2D eigenvalue weighted by Crippen LogP contribution is -2.01. The van der Waals surface area contributed by atoms with Gasteiger partial charge < -0.3 is 8.86 Å². The highest BCUT2D eigenvalue weighted by Crippen LogP contribution is 2.31. The van der Waals surface area contributed by atoms with E-state index in [4.69, 9.17) is 4.52 Å². The van der Waals surface area contributed by atoms with Gasteiger partial charge in [0.15, 0.2) is 0 Å². The zero-order valence-corrected chi connectivity index (χ0v) is 16.9. The minimum absolute atomic E-state index is 0.915. The summed E-state index contributed by atoms with van der Waals surface area (Å²) in [6.45, 7) is 7.04. The van der Waals surface area contributed by atoms with Gasteiger partial charge in [0, 0.05) is 18.1 Å². The van der Waals surface area contributed by atoms with E-state index in [0.29, 0.717) is 0 Å². The molecule has 2 aromatic rings. The van der Waals surface area contributed by atoms with Crippen molar-refractivity contribution in [3.05, 3.63) is 29.5 Å². The summed E-state index contributed by atoms with van der Waals surface area (Å²) in [7, 11) is 10.4. The Kier molecular flexibility index (Phi) is 7.89. The van der Waals surface area contributed by atoms with Crippen LogP contribution in [-0.2, 0) is 6.42 Å². The number of benzene rings is 1. The summed E-state index contributed by atoms with van der Waals surface area (Å²) < 4.78 is 9.46. The van der Waals surface area contributed by atoms with Crippen LogP contribution in [0.2, 0.25) is 0 Å². The van der Waals surface area contributed by atoms with Crippen molar-refractivity contribution in [2.45, 2.75) is 27.2 Å². The summed E-state index contributed by atoms with van der Waals surface area (Å²) in [4.78, 5) is 0. The third-order valence-corrected chi connectivity index (χ3v) is 4.18. The molecular weight excluding hydrogens is 324 g/mol. The van der Waals surface area contributed by atoms with Crippen molar-refractivity contribution in [1.29, 1.82) is 0 Å². The van der Waals surface area contributed by atoms with Gasteiger partial charge in [-0.3, -0.25) is 4.44 Å². The maximum absolute atomic E-state index is 5.32. The minimum Gasteiger partial charge on any atom is -0.480 e. The molecule has 2 rings (SSSR count). The lowest BCUT2D eigenvalue weighted by molar-refractivity contribution is 0.641. The lowest BCUT2D eigenvalue weighted by Gasteiger charge is -2.08. The van der Waals surface area contributed by atoms with Gasteiger partial charge in [0.25, 0.3) is 0 Å². The van der Waals surface area contributed by atoms with Crippen molar-refractivity contribution in [3.63, 3.8) is 0 Å². The van der Waals surface area contributed by atoms with E-state index in [9.17, 15) is 0 Å². The number of rotatable bonds is 4. The Balaban J connectivity index is 0.000000956. The Morgan fingerprint density at radius 3 is 2.45 bits per heavy atom. The van der Waals surface area contributed by atoms with E-state index in [1.165, 1.54) is 16.5 Å². The number of aromatic nitrogens is 1. The molecule has 112 valence electrons. The smallest absolute Gasteiger partial charge is 0.126 e. The average Bonchev–Trinajstić information content (AvgIpc) is 2.74. The monoisotopic (exact) mass is 348 g/mol. The van der Waals surface area contributed by atoms with Crippen LogP contribution in [0.4, 0.5) is 0 Å². The molecule has 4 unspecified atom stereocenters. The van der Waals surface area contributed by atoms with Crippen LogP contribution in [0.15, 0.2) is 18.3 Å². The molecule has 4 atom stereocenters. The normalized spacial score (nSPS) is 10.6. The second-order valence-electron chi connectivity index (χ2n) is 4.30.